The average Bonchev–Trinajstić information content (AvgIpc) is 2.87. The average molecular weight is 450 g/mol. The molecular weight excluding hydrogens is 428 g/mol. The third-order valence-electron chi connectivity index (χ3n) is 5.50. The molecule has 0 bridgehead atoms. The van der Waals surface area contributed by atoms with E-state index in [4.69, 9.17) is 9.97 Å². The molecule has 1 heterocycles. The lowest BCUT2D eigenvalue weighted by molar-refractivity contribution is 0.588. The van der Waals surface area contributed by atoms with Crippen LogP contribution in [0.2, 0.25) is 0 Å². The molecule has 1 aromatic heterocycles. The molecule has 34 heavy (non-hydrogen) atoms. The molecule has 0 spiro atoms. The number of para-hydroxylation sites is 2. The van der Waals surface area contributed by atoms with E-state index in [1.165, 1.54) is 24.4 Å². The van der Waals surface area contributed by atoms with Gasteiger partial charge in [-0.1, -0.05) is 72.8 Å². The fraction of sp³-hybridized carbons (Fsp3) is 0.0345. The maximum atomic E-state index is 14.6. The molecule has 0 unspecified atom stereocenters. The number of hydrogen-bond donors (Lipinski definition) is 0. The van der Waals surface area contributed by atoms with Crippen molar-refractivity contribution >= 4 is 17.2 Å². The standard InChI is InChI=1S/C29H21F2N3/c30-24-17-10-18-25(31)28(24)27-20-32-29(26(33-27)19-21-11-4-1-5-12-21)34(22-13-6-2-7-14-22)23-15-8-3-9-16-23/h1-18,20H,19H2. The van der Waals surface area contributed by atoms with Crippen molar-refractivity contribution in [3.8, 4) is 11.3 Å². The smallest absolute Gasteiger partial charge is 0.159 e. The van der Waals surface area contributed by atoms with Crippen molar-refractivity contribution in [1.29, 1.82) is 0 Å². The van der Waals surface area contributed by atoms with Crippen LogP contribution in [0.25, 0.3) is 11.3 Å². The van der Waals surface area contributed by atoms with Crippen molar-refractivity contribution in [1.82, 2.24) is 9.97 Å². The number of hydrogen-bond acceptors (Lipinski definition) is 3. The highest BCUT2D eigenvalue weighted by atomic mass is 19.1. The van der Waals surface area contributed by atoms with Crippen LogP contribution >= 0.6 is 0 Å². The van der Waals surface area contributed by atoms with Crippen LogP contribution in [0.5, 0.6) is 0 Å². The van der Waals surface area contributed by atoms with Crippen molar-refractivity contribution in [2.24, 2.45) is 0 Å². The monoisotopic (exact) mass is 449 g/mol. The molecule has 0 aliphatic carbocycles. The Morgan fingerprint density at radius 1 is 0.618 bits per heavy atom. The van der Waals surface area contributed by atoms with E-state index in [-0.39, 0.29) is 11.3 Å². The van der Waals surface area contributed by atoms with Crippen LogP contribution in [0.15, 0.2) is 115 Å². The fourth-order valence-electron chi connectivity index (χ4n) is 3.93. The predicted octanol–water partition coefficient (Wildman–Crippen LogP) is 7.48. The molecule has 0 saturated carbocycles. The van der Waals surface area contributed by atoms with E-state index in [9.17, 15) is 8.78 Å². The lowest BCUT2D eigenvalue weighted by Gasteiger charge is -2.26. The molecule has 0 fully saturated rings. The summed E-state index contributed by atoms with van der Waals surface area (Å²) in [6.07, 6.45) is 1.88. The normalized spacial score (nSPS) is 10.8. The predicted molar refractivity (Wildman–Crippen MR) is 131 cm³/mol. The third kappa shape index (κ3) is 4.41. The van der Waals surface area contributed by atoms with Gasteiger partial charge < -0.3 is 0 Å². The van der Waals surface area contributed by atoms with E-state index < -0.39 is 11.6 Å². The van der Waals surface area contributed by atoms with Gasteiger partial charge in [-0.2, -0.15) is 0 Å². The fourth-order valence-corrected chi connectivity index (χ4v) is 3.93. The van der Waals surface area contributed by atoms with Gasteiger partial charge in [-0.15, -0.1) is 0 Å². The van der Waals surface area contributed by atoms with Crippen molar-refractivity contribution in [3.63, 3.8) is 0 Å². The van der Waals surface area contributed by atoms with Crippen LogP contribution < -0.4 is 4.90 Å². The first kappa shape index (κ1) is 21.5. The number of anilines is 3. The van der Waals surface area contributed by atoms with Crippen LogP contribution in [0.1, 0.15) is 11.3 Å². The van der Waals surface area contributed by atoms with Crippen molar-refractivity contribution < 1.29 is 8.78 Å². The van der Waals surface area contributed by atoms with Gasteiger partial charge in [-0.25, -0.2) is 18.7 Å². The summed E-state index contributed by atoms with van der Waals surface area (Å²) in [7, 11) is 0. The van der Waals surface area contributed by atoms with Crippen LogP contribution in [-0.4, -0.2) is 9.97 Å². The Hall–Kier alpha value is -4.38. The van der Waals surface area contributed by atoms with Gasteiger partial charge in [0.1, 0.15) is 11.6 Å². The van der Waals surface area contributed by atoms with Crippen LogP contribution in [0, 0.1) is 11.6 Å². The van der Waals surface area contributed by atoms with E-state index >= 15 is 0 Å². The zero-order valence-corrected chi connectivity index (χ0v) is 18.3. The Morgan fingerprint density at radius 2 is 1.15 bits per heavy atom. The van der Waals surface area contributed by atoms with E-state index in [1.807, 2.05) is 95.9 Å². The molecule has 5 heteroatoms. The Bertz CT molecular complexity index is 1330. The first-order valence-corrected chi connectivity index (χ1v) is 10.9. The summed E-state index contributed by atoms with van der Waals surface area (Å²) < 4.78 is 29.1. The number of benzene rings is 4. The van der Waals surface area contributed by atoms with Crippen LogP contribution in [0.3, 0.4) is 0 Å². The van der Waals surface area contributed by atoms with Gasteiger partial charge in [0.05, 0.1) is 23.1 Å². The van der Waals surface area contributed by atoms with Crippen molar-refractivity contribution in [3.05, 3.63) is 138 Å². The number of aromatic nitrogens is 2. The third-order valence-corrected chi connectivity index (χ3v) is 5.50. The zero-order chi connectivity index (χ0) is 23.3. The lowest BCUT2D eigenvalue weighted by Crippen LogP contribution is -2.15. The Morgan fingerprint density at radius 3 is 1.71 bits per heavy atom. The first-order chi connectivity index (χ1) is 16.7. The molecule has 5 rings (SSSR count). The van der Waals surface area contributed by atoms with Crippen molar-refractivity contribution in [2.75, 3.05) is 4.90 Å². The molecule has 166 valence electrons. The van der Waals surface area contributed by atoms with Gasteiger partial charge in [0, 0.05) is 17.8 Å². The quantitative estimate of drug-likeness (QED) is 0.269. The van der Waals surface area contributed by atoms with Gasteiger partial charge in [-0.05, 0) is 42.0 Å². The van der Waals surface area contributed by atoms with E-state index in [2.05, 4.69) is 0 Å². The number of nitrogens with zero attached hydrogens (tertiary/aromatic N) is 3. The highest BCUT2D eigenvalue weighted by Crippen LogP contribution is 2.36. The maximum absolute atomic E-state index is 14.6. The lowest BCUT2D eigenvalue weighted by atomic mass is 10.1. The summed E-state index contributed by atoms with van der Waals surface area (Å²) in [6, 6.07) is 33.3. The highest BCUT2D eigenvalue weighted by Gasteiger charge is 2.21. The summed E-state index contributed by atoms with van der Waals surface area (Å²) in [4.78, 5) is 11.5. The van der Waals surface area contributed by atoms with E-state index in [0.717, 1.165) is 16.9 Å². The summed E-state index contributed by atoms with van der Waals surface area (Å²) in [5, 5.41) is 0. The van der Waals surface area contributed by atoms with Gasteiger partial charge in [0.15, 0.2) is 5.82 Å². The summed E-state index contributed by atoms with van der Waals surface area (Å²) in [5.41, 5.74) is 3.42. The molecule has 4 aromatic carbocycles. The molecule has 0 aliphatic heterocycles. The first-order valence-electron chi connectivity index (χ1n) is 10.9. The minimum Gasteiger partial charge on any atom is -0.294 e. The van der Waals surface area contributed by atoms with Crippen LogP contribution in [-0.2, 0) is 6.42 Å². The van der Waals surface area contributed by atoms with Crippen LogP contribution in [0.4, 0.5) is 26.0 Å². The molecular formula is C29H21F2N3. The summed E-state index contributed by atoms with van der Waals surface area (Å²) in [5.74, 6) is -0.742. The Labute approximate surface area is 197 Å². The maximum Gasteiger partial charge on any atom is 0.159 e. The highest BCUT2D eigenvalue weighted by molar-refractivity contribution is 5.76. The summed E-state index contributed by atoms with van der Waals surface area (Å²) in [6.45, 7) is 0. The number of rotatable bonds is 6. The molecule has 0 aliphatic rings. The van der Waals surface area contributed by atoms with Gasteiger partial charge in [0.25, 0.3) is 0 Å². The molecule has 0 amide bonds. The molecule has 5 aromatic rings. The molecule has 0 radical (unpaired) electrons. The second kappa shape index (κ2) is 9.63. The Kier molecular flexibility index (Phi) is 6.08. The topological polar surface area (TPSA) is 29.0 Å². The minimum absolute atomic E-state index is 0.159. The number of halogens is 2. The Balaban J connectivity index is 1.71. The SMILES string of the molecule is Fc1cccc(F)c1-c1cnc(N(c2ccccc2)c2ccccc2)c(Cc2ccccc2)n1. The molecule has 0 atom stereocenters. The van der Waals surface area contributed by atoms with E-state index in [1.54, 1.807) is 0 Å². The van der Waals surface area contributed by atoms with Gasteiger partial charge in [0.2, 0.25) is 0 Å². The minimum atomic E-state index is -0.671. The summed E-state index contributed by atoms with van der Waals surface area (Å²) >= 11 is 0. The second-order valence-electron chi connectivity index (χ2n) is 7.79. The van der Waals surface area contributed by atoms with Gasteiger partial charge >= 0.3 is 0 Å². The van der Waals surface area contributed by atoms with E-state index in [0.29, 0.717) is 17.9 Å². The molecule has 3 nitrogen and oxygen atoms in total. The second-order valence-corrected chi connectivity index (χ2v) is 7.79. The molecule has 0 N–H and O–H groups in total. The molecule has 0 saturated heterocycles. The largest absolute Gasteiger partial charge is 0.294 e. The van der Waals surface area contributed by atoms with Gasteiger partial charge in [-0.3, -0.25) is 4.90 Å². The van der Waals surface area contributed by atoms with Crippen molar-refractivity contribution in [2.45, 2.75) is 6.42 Å². The zero-order valence-electron chi connectivity index (χ0n) is 18.3.